The van der Waals surface area contributed by atoms with Crippen LogP contribution in [-0.2, 0) is 14.0 Å². The largest absolute Gasteiger partial charge is 0.417 e. The van der Waals surface area contributed by atoms with Gasteiger partial charge in [0.25, 0.3) is 5.91 Å². The van der Waals surface area contributed by atoms with Crippen molar-refractivity contribution in [3.8, 4) is 0 Å². The molecular weight excluding hydrogens is 258 g/mol. The number of hydrogen-bond donors (Lipinski definition) is 0. The van der Waals surface area contributed by atoms with E-state index in [0.717, 1.165) is 18.1 Å². The fourth-order valence-corrected chi connectivity index (χ4v) is 4.65. The molecule has 110 valence electrons. The van der Waals surface area contributed by atoms with E-state index < -0.39 is 8.32 Å². The minimum atomic E-state index is -1.56. The summed E-state index contributed by atoms with van der Waals surface area (Å²) in [5.41, 5.74) is 0.213. The lowest BCUT2D eigenvalue weighted by Gasteiger charge is -2.27. The third-order valence-electron chi connectivity index (χ3n) is 3.60. The number of rotatable bonds is 9. The Bertz CT molecular complexity index is 314. The normalized spacial score (nSPS) is 12.4. The first-order chi connectivity index (χ1) is 8.96. The molecule has 0 rings (SSSR count). The summed E-state index contributed by atoms with van der Waals surface area (Å²) < 4.78 is 6.07. The SMILES string of the molecule is CC[Si](CC)(CC)OCC/C=C(/C=O)C(=O)N(C)C. The molecule has 5 heteroatoms. The van der Waals surface area contributed by atoms with Crippen molar-refractivity contribution in [1.29, 1.82) is 0 Å². The summed E-state index contributed by atoms with van der Waals surface area (Å²) in [5, 5.41) is 0. The maximum atomic E-state index is 11.6. The van der Waals surface area contributed by atoms with E-state index in [9.17, 15) is 9.59 Å². The van der Waals surface area contributed by atoms with E-state index in [-0.39, 0.29) is 11.5 Å². The summed E-state index contributed by atoms with van der Waals surface area (Å²) in [6.07, 6.45) is 2.91. The third kappa shape index (κ3) is 5.70. The first kappa shape index (κ1) is 18.1. The third-order valence-corrected chi connectivity index (χ3v) is 8.29. The molecule has 4 nitrogen and oxygen atoms in total. The summed E-state index contributed by atoms with van der Waals surface area (Å²) in [6, 6.07) is 3.34. The highest BCUT2D eigenvalue weighted by atomic mass is 28.4. The zero-order valence-electron chi connectivity index (χ0n) is 12.9. The minimum Gasteiger partial charge on any atom is -0.417 e. The number of hydrogen-bond acceptors (Lipinski definition) is 3. The highest BCUT2D eigenvalue weighted by molar-refractivity contribution is 6.73. The van der Waals surface area contributed by atoms with Crippen LogP contribution in [0.3, 0.4) is 0 Å². The van der Waals surface area contributed by atoms with Gasteiger partial charge in [-0.05, 0) is 24.6 Å². The lowest BCUT2D eigenvalue weighted by Crippen LogP contribution is -2.36. The number of amides is 1. The Hall–Kier alpha value is -0.943. The molecule has 0 aromatic heterocycles. The van der Waals surface area contributed by atoms with Crippen LogP contribution in [0, 0.1) is 0 Å². The molecule has 0 fully saturated rings. The average Bonchev–Trinajstić information content (AvgIpc) is 2.43. The van der Waals surface area contributed by atoms with Crippen LogP contribution in [0.4, 0.5) is 0 Å². The molecule has 0 spiro atoms. The standard InChI is InChI=1S/C14H27NO3Si/c1-6-19(7-2,8-3)18-11-9-10-13(12-16)14(17)15(4)5/h10,12H,6-9,11H2,1-5H3/b13-10-. The van der Waals surface area contributed by atoms with Gasteiger partial charge in [0.05, 0.1) is 5.57 Å². The van der Waals surface area contributed by atoms with E-state index in [4.69, 9.17) is 4.43 Å². The molecular formula is C14H27NO3Si. The second-order valence-corrected chi connectivity index (χ2v) is 9.63. The number of aldehydes is 1. The lowest BCUT2D eigenvalue weighted by molar-refractivity contribution is -0.125. The van der Waals surface area contributed by atoms with Crippen molar-refractivity contribution >= 4 is 20.5 Å². The average molecular weight is 285 g/mol. The van der Waals surface area contributed by atoms with Gasteiger partial charge in [0, 0.05) is 20.7 Å². The second kappa shape index (κ2) is 9.04. The molecule has 0 saturated heterocycles. The summed E-state index contributed by atoms with van der Waals surface area (Å²) in [6.45, 7) is 7.14. The maximum Gasteiger partial charge on any atom is 0.256 e. The van der Waals surface area contributed by atoms with Crippen LogP contribution in [-0.4, -0.2) is 46.1 Å². The number of likely N-dealkylation sites (N-methyl/N-ethyl adjacent to an activating group) is 1. The number of nitrogens with zero attached hydrogens (tertiary/aromatic N) is 1. The van der Waals surface area contributed by atoms with Crippen LogP contribution < -0.4 is 0 Å². The topological polar surface area (TPSA) is 46.6 Å². The summed E-state index contributed by atoms with van der Waals surface area (Å²) in [7, 11) is 1.71. The monoisotopic (exact) mass is 285 g/mol. The van der Waals surface area contributed by atoms with Crippen LogP contribution >= 0.6 is 0 Å². The van der Waals surface area contributed by atoms with Crippen molar-refractivity contribution < 1.29 is 14.0 Å². The Kier molecular flexibility index (Phi) is 8.59. The lowest BCUT2D eigenvalue weighted by atomic mass is 10.2. The molecule has 0 bridgehead atoms. The van der Waals surface area contributed by atoms with E-state index >= 15 is 0 Å². The van der Waals surface area contributed by atoms with Crippen molar-refractivity contribution in [2.45, 2.75) is 45.3 Å². The van der Waals surface area contributed by atoms with Crippen LogP contribution in [0.15, 0.2) is 11.6 Å². The van der Waals surface area contributed by atoms with Crippen molar-refractivity contribution in [3.63, 3.8) is 0 Å². The number of carbonyl (C=O) groups is 2. The van der Waals surface area contributed by atoms with Gasteiger partial charge in [-0.2, -0.15) is 0 Å². The van der Waals surface area contributed by atoms with E-state index in [1.807, 2.05) is 0 Å². The first-order valence-electron chi connectivity index (χ1n) is 6.97. The summed E-state index contributed by atoms with van der Waals surface area (Å²) in [5.74, 6) is -0.250. The minimum absolute atomic E-state index is 0.213. The Morgan fingerprint density at radius 2 is 1.68 bits per heavy atom. The molecule has 0 atom stereocenters. The Morgan fingerprint density at radius 1 is 1.16 bits per heavy atom. The van der Waals surface area contributed by atoms with Gasteiger partial charge < -0.3 is 9.33 Å². The second-order valence-electron chi connectivity index (χ2n) is 4.86. The molecule has 0 aromatic rings. The number of carbonyl (C=O) groups excluding carboxylic acids is 2. The molecule has 0 unspecified atom stereocenters. The molecule has 0 aliphatic carbocycles. The Balaban J connectivity index is 4.41. The van der Waals surface area contributed by atoms with Gasteiger partial charge in [-0.25, -0.2) is 0 Å². The highest BCUT2D eigenvalue weighted by Crippen LogP contribution is 2.21. The first-order valence-corrected chi connectivity index (χ1v) is 9.50. The Morgan fingerprint density at radius 3 is 2.05 bits per heavy atom. The molecule has 1 amide bonds. The van der Waals surface area contributed by atoms with Crippen molar-refractivity contribution in [2.75, 3.05) is 20.7 Å². The van der Waals surface area contributed by atoms with Gasteiger partial charge in [-0.1, -0.05) is 26.8 Å². The molecule has 0 N–H and O–H groups in total. The quantitative estimate of drug-likeness (QED) is 0.163. The molecule has 0 aromatic carbocycles. The summed E-state index contributed by atoms with van der Waals surface area (Å²) in [4.78, 5) is 23.9. The van der Waals surface area contributed by atoms with Crippen molar-refractivity contribution in [2.24, 2.45) is 0 Å². The predicted octanol–water partition coefficient (Wildman–Crippen LogP) is 2.61. The zero-order chi connectivity index (χ0) is 14.9. The highest BCUT2D eigenvalue weighted by Gasteiger charge is 2.28. The molecule has 19 heavy (non-hydrogen) atoms. The van der Waals surface area contributed by atoms with Crippen molar-refractivity contribution in [1.82, 2.24) is 4.90 Å². The van der Waals surface area contributed by atoms with Crippen LogP contribution in [0.2, 0.25) is 18.1 Å². The van der Waals surface area contributed by atoms with E-state index in [0.29, 0.717) is 19.3 Å². The van der Waals surface area contributed by atoms with E-state index in [2.05, 4.69) is 20.8 Å². The zero-order valence-corrected chi connectivity index (χ0v) is 13.9. The fraction of sp³-hybridized carbons (Fsp3) is 0.714. The predicted molar refractivity (Wildman–Crippen MR) is 80.6 cm³/mol. The van der Waals surface area contributed by atoms with E-state index in [1.54, 1.807) is 20.2 Å². The van der Waals surface area contributed by atoms with Gasteiger partial charge in [0.15, 0.2) is 14.6 Å². The van der Waals surface area contributed by atoms with Gasteiger partial charge in [0.1, 0.15) is 0 Å². The van der Waals surface area contributed by atoms with Crippen LogP contribution in [0.25, 0.3) is 0 Å². The summed E-state index contributed by atoms with van der Waals surface area (Å²) >= 11 is 0. The molecule has 0 aliphatic heterocycles. The van der Waals surface area contributed by atoms with Gasteiger partial charge in [0.2, 0.25) is 0 Å². The molecule has 0 heterocycles. The van der Waals surface area contributed by atoms with Crippen LogP contribution in [0.1, 0.15) is 27.2 Å². The molecule has 0 aliphatic rings. The van der Waals surface area contributed by atoms with Gasteiger partial charge >= 0.3 is 0 Å². The molecule has 0 radical (unpaired) electrons. The Labute approximate surface area is 117 Å². The maximum absolute atomic E-state index is 11.6. The van der Waals surface area contributed by atoms with E-state index in [1.165, 1.54) is 4.90 Å². The smallest absolute Gasteiger partial charge is 0.256 e. The van der Waals surface area contributed by atoms with Crippen LogP contribution in [0.5, 0.6) is 0 Å². The van der Waals surface area contributed by atoms with Gasteiger partial charge in [-0.15, -0.1) is 0 Å². The van der Waals surface area contributed by atoms with Crippen molar-refractivity contribution in [3.05, 3.63) is 11.6 Å². The fourth-order valence-electron chi connectivity index (χ4n) is 1.99. The molecule has 0 saturated carbocycles. The van der Waals surface area contributed by atoms with Gasteiger partial charge in [-0.3, -0.25) is 9.59 Å².